The molecule has 1 N–H and O–H groups in total. The minimum atomic E-state index is -0.422. The highest BCUT2D eigenvalue weighted by Gasteiger charge is 2.23. The van der Waals surface area contributed by atoms with Crippen LogP contribution in [0.2, 0.25) is 5.02 Å². The number of ether oxygens (including phenoxy) is 1. The largest absolute Gasteiger partial charge is 0.497 e. The van der Waals surface area contributed by atoms with Crippen molar-refractivity contribution >= 4 is 28.4 Å². The van der Waals surface area contributed by atoms with Crippen LogP contribution in [0.1, 0.15) is 16.5 Å². The van der Waals surface area contributed by atoms with Crippen LogP contribution in [-0.2, 0) is 0 Å². The Labute approximate surface area is 193 Å². The van der Waals surface area contributed by atoms with Gasteiger partial charge in [-0.2, -0.15) is 0 Å². The number of aromatic amines is 1. The highest BCUT2D eigenvalue weighted by atomic mass is 35.5. The molecule has 1 aliphatic heterocycles. The van der Waals surface area contributed by atoms with Crippen LogP contribution in [0.4, 0.5) is 4.39 Å². The molecule has 0 fully saturated rings. The van der Waals surface area contributed by atoms with Gasteiger partial charge in [-0.1, -0.05) is 41.6 Å². The molecule has 2 aromatic heterocycles. The molecule has 0 bridgehead atoms. The first kappa shape index (κ1) is 20.7. The van der Waals surface area contributed by atoms with Crippen molar-refractivity contribution in [3.05, 3.63) is 89.1 Å². The van der Waals surface area contributed by atoms with Crippen LogP contribution in [0.15, 0.2) is 72.0 Å². The predicted molar refractivity (Wildman–Crippen MR) is 127 cm³/mol. The van der Waals surface area contributed by atoms with E-state index >= 15 is 0 Å². The minimum Gasteiger partial charge on any atom is -0.497 e. The summed E-state index contributed by atoms with van der Waals surface area (Å²) in [6.45, 7) is 0.711. The second kappa shape index (κ2) is 8.76. The molecule has 2 aromatic carbocycles. The summed E-state index contributed by atoms with van der Waals surface area (Å²) in [5.74, 6) is 0.800. The van der Waals surface area contributed by atoms with E-state index in [4.69, 9.17) is 16.3 Å². The van der Waals surface area contributed by atoms with Gasteiger partial charge in [0.1, 0.15) is 22.4 Å². The first-order valence-corrected chi connectivity index (χ1v) is 11.2. The summed E-state index contributed by atoms with van der Waals surface area (Å²) >= 11 is 7.86. The Balaban J connectivity index is 1.31. The molecule has 32 heavy (non-hydrogen) atoms. The van der Waals surface area contributed by atoms with Gasteiger partial charge < -0.3 is 9.72 Å². The van der Waals surface area contributed by atoms with Crippen LogP contribution in [0.25, 0.3) is 22.6 Å². The van der Waals surface area contributed by atoms with E-state index in [1.807, 2.05) is 24.3 Å². The standard InChI is InChI=1S/C24H18ClFN4OS/c1-31-16-8-5-14(6-9-16)21-13-29-24(32-21)19-10-7-15(11-27-19)20-12-28-23(30-20)22-17(25)3-2-4-18(22)26/h2-12,21H,13H2,1H3,(H,28,30). The van der Waals surface area contributed by atoms with Crippen LogP contribution in [-0.4, -0.2) is 33.7 Å². The Bertz CT molecular complexity index is 1270. The van der Waals surface area contributed by atoms with E-state index in [0.717, 1.165) is 27.7 Å². The summed E-state index contributed by atoms with van der Waals surface area (Å²) in [6, 6.07) is 16.5. The van der Waals surface area contributed by atoms with Gasteiger partial charge in [0.2, 0.25) is 0 Å². The predicted octanol–water partition coefficient (Wildman–Crippen LogP) is 6.17. The molecule has 1 aliphatic rings. The van der Waals surface area contributed by atoms with Crippen LogP contribution in [0, 0.1) is 5.82 Å². The molecule has 160 valence electrons. The minimum absolute atomic E-state index is 0.256. The van der Waals surface area contributed by atoms with Gasteiger partial charge in [0.05, 0.1) is 47.1 Å². The molecule has 5 rings (SSSR count). The number of imidazole rings is 1. The second-order valence-electron chi connectivity index (χ2n) is 7.20. The van der Waals surface area contributed by atoms with Crippen LogP contribution >= 0.6 is 23.4 Å². The van der Waals surface area contributed by atoms with Crippen molar-refractivity contribution in [1.29, 1.82) is 0 Å². The zero-order chi connectivity index (χ0) is 22.1. The number of methoxy groups -OCH3 is 1. The van der Waals surface area contributed by atoms with Gasteiger partial charge in [-0.25, -0.2) is 9.37 Å². The van der Waals surface area contributed by atoms with Crippen LogP contribution < -0.4 is 4.74 Å². The number of nitrogens with zero attached hydrogens (tertiary/aromatic N) is 3. The van der Waals surface area contributed by atoms with E-state index in [0.29, 0.717) is 17.4 Å². The number of nitrogens with one attached hydrogen (secondary N) is 1. The van der Waals surface area contributed by atoms with Gasteiger partial charge in [-0.15, -0.1) is 0 Å². The SMILES string of the molecule is COc1ccc(C2CN=C(c3ccc(-c4cnc(-c5c(F)cccc5Cl)[nH]4)cn3)S2)cc1. The van der Waals surface area contributed by atoms with E-state index in [9.17, 15) is 4.39 Å². The van der Waals surface area contributed by atoms with E-state index in [1.165, 1.54) is 11.6 Å². The summed E-state index contributed by atoms with van der Waals surface area (Å²) < 4.78 is 19.4. The Morgan fingerprint density at radius 2 is 1.91 bits per heavy atom. The highest BCUT2D eigenvalue weighted by Crippen LogP contribution is 2.38. The molecule has 1 unspecified atom stereocenters. The summed E-state index contributed by atoms with van der Waals surface area (Å²) in [4.78, 5) is 16.7. The number of thioether (sulfide) groups is 1. The maximum Gasteiger partial charge on any atom is 0.142 e. The highest BCUT2D eigenvalue weighted by molar-refractivity contribution is 8.14. The number of H-pyrrole nitrogens is 1. The van der Waals surface area contributed by atoms with Crippen molar-refractivity contribution in [3.63, 3.8) is 0 Å². The lowest BCUT2D eigenvalue weighted by Gasteiger charge is -2.09. The first-order valence-electron chi connectivity index (χ1n) is 9.93. The number of halogens is 2. The van der Waals surface area contributed by atoms with E-state index in [2.05, 4.69) is 32.1 Å². The molecule has 0 aliphatic carbocycles. The van der Waals surface area contributed by atoms with Crippen molar-refractivity contribution < 1.29 is 9.13 Å². The fourth-order valence-corrected chi connectivity index (χ4v) is 4.86. The monoisotopic (exact) mass is 464 g/mol. The summed E-state index contributed by atoms with van der Waals surface area (Å²) in [5, 5.41) is 1.49. The lowest BCUT2D eigenvalue weighted by atomic mass is 10.1. The van der Waals surface area contributed by atoms with Gasteiger partial charge in [0.15, 0.2) is 0 Å². The van der Waals surface area contributed by atoms with Crippen LogP contribution in [0.5, 0.6) is 5.75 Å². The lowest BCUT2D eigenvalue weighted by Crippen LogP contribution is -1.98. The number of hydrogen-bond donors (Lipinski definition) is 1. The molecule has 0 amide bonds. The third kappa shape index (κ3) is 4.01. The number of pyridine rings is 1. The Kier molecular flexibility index (Phi) is 5.68. The molecule has 3 heterocycles. The molecule has 1 atom stereocenters. The molecule has 0 radical (unpaired) electrons. The van der Waals surface area contributed by atoms with Gasteiger partial charge in [0, 0.05) is 11.8 Å². The number of aromatic nitrogens is 3. The fourth-order valence-electron chi connectivity index (χ4n) is 3.51. The van der Waals surface area contributed by atoms with Crippen molar-refractivity contribution in [2.45, 2.75) is 5.25 Å². The Morgan fingerprint density at radius 1 is 1.06 bits per heavy atom. The molecule has 8 heteroatoms. The zero-order valence-corrected chi connectivity index (χ0v) is 18.6. The third-order valence-electron chi connectivity index (χ3n) is 5.21. The molecule has 4 aromatic rings. The molecular weight excluding hydrogens is 447 g/mol. The summed E-state index contributed by atoms with van der Waals surface area (Å²) in [6.07, 6.45) is 3.41. The van der Waals surface area contributed by atoms with Gasteiger partial charge in [-0.3, -0.25) is 9.98 Å². The van der Waals surface area contributed by atoms with Gasteiger partial charge >= 0.3 is 0 Å². The number of aliphatic imine (C=N–C) groups is 1. The fraction of sp³-hybridized carbons (Fsp3) is 0.125. The smallest absolute Gasteiger partial charge is 0.142 e. The molecular formula is C24H18ClFN4OS. The topological polar surface area (TPSA) is 63.2 Å². The van der Waals surface area contributed by atoms with Crippen molar-refractivity contribution in [3.8, 4) is 28.4 Å². The number of benzene rings is 2. The molecule has 0 spiro atoms. The molecule has 5 nitrogen and oxygen atoms in total. The van der Waals surface area contributed by atoms with Gasteiger partial charge in [-0.05, 0) is 42.0 Å². The van der Waals surface area contributed by atoms with Crippen molar-refractivity contribution in [2.24, 2.45) is 4.99 Å². The zero-order valence-electron chi connectivity index (χ0n) is 17.0. The summed E-state index contributed by atoms with van der Waals surface area (Å²) in [7, 11) is 1.66. The second-order valence-corrected chi connectivity index (χ2v) is 8.80. The van der Waals surface area contributed by atoms with Gasteiger partial charge in [0.25, 0.3) is 0 Å². The van der Waals surface area contributed by atoms with E-state index in [1.54, 1.807) is 43.4 Å². The van der Waals surface area contributed by atoms with E-state index < -0.39 is 5.82 Å². The third-order valence-corrected chi connectivity index (χ3v) is 6.79. The number of rotatable bonds is 5. The molecule has 0 saturated carbocycles. The average molecular weight is 465 g/mol. The Morgan fingerprint density at radius 3 is 2.62 bits per heavy atom. The maximum absolute atomic E-state index is 14.2. The molecule has 0 saturated heterocycles. The van der Waals surface area contributed by atoms with Crippen molar-refractivity contribution in [1.82, 2.24) is 15.0 Å². The van der Waals surface area contributed by atoms with E-state index in [-0.39, 0.29) is 10.8 Å². The first-order chi connectivity index (χ1) is 15.6. The number of hydrogen-bond acceptors (Lipinski definition) is 5. The lowest BCUT2D eigenvalue weighted by molar-refractivity contribution is 0.414. The maximum atomic E-state index is 14.2. The van der Waals surface area contributed by atoms with Crippen molar-refractivity contribution in [2.75, 3.05) is 13.7 Å². The van der Waals surface area contributed by atoms with Crippen LogP contribution in [0.3, 0.4) is 0 Å². The normalized spacial score (nSPS) is 15.6. The quantitative estimate of drug-likeness (QED) is 0.383. The summed E-state index contributed by atoms with van der Waals surface area (Å²) in [5.41, 5.74) is 3.87. The Hall–Kier alpha value is -3.16. The average Bonchev–Trinajstić information content (AvgIpc) is 3.50.